The molecule has 0 spiro atoms. The lowest BCUT2D eigenvalue weighted by molar-refractivity contribution is 0.110. The molecule has 1 atom stereocenters. The van der Waals surface area contributed by atoms with E-state index in [1.165, 1.54) is 42.6 Å². The zero-order chi connectivity index (χ0) is 14.8. The molecule has 112 valence electrons. The maximum absolute atomic E-state index is 3.58. The third kappa shape index (κ3) is 3.07. The molecule has 0 saturated carbocycles. The minimum atomic E-state index is 0.208. The number of hydrogen-bond donors (Lipinski definition) is 1. The Morgan fingerprint density at radius 1 is 1.15 bits per heavy atom. The number of aryl methyl sites for hydroxylation is 2. The number of rotatable bonds is 5. The first-order chi connectivity index (χ1) is 9.46. The summed E-state index contributed by atoms with van der Waals surface area (Å²) in [5.41, 5.74) is 4.56. The summed E-state index contributed by atoms with van der Waals surface area (Å²) in [7, 11) is 2.11. The van der Waals surface area contributed by atoms with Gasteiger partial charge in [0.1, 0.15) is 0 Å². The molecule has 0 bridgehead atoms. The zero-order valence-corrected chi connectivity index (χ0v) is 13.8. The molecule has 1 unspecified atom stereocenters. The molecule has 1 saturated heterocycles. The largest absolute Gasteiger partial charge is 0.315 e. The van der Waals surface area contributed by atoms with Crippen LogP contribution in [0.3, 0.4) is 0 Å². The molecule has 1 aromatic carbocycles. The molecule has 0 amide bonds. The van der Waals surface area contributed by atoms with E-state index in [1.54, 1.807) is 0 Å². The molecule has 0 radical (unpaired) electrons. The maximum Gasteiger partial charge on any atom is 0.0309 e. The quantitative estimate of drug-likeness (QED) is 0.886. The van der Waals surface area contributed by atoms with E-state index in [4.69, 9.17) is 0 Å². The van der Waals surface area contributed by atoms with E-state index in [-0.39, 0.29) is 5.54 Å². The van der Waals surface area contributed by atoms with Crippen molar-refractivity contribution in [1.82, 2.24) is 10.2 Å². The van der Waals surface area contributed by atoms with Gasteiger partial charge in [-0.15, -0.1) is 0 Å². The summed E-state index contributed by atoms with van der Waals surface area (Å²) in [5, 5.41) is 3.58. The average Bonchev–Trinajstić information content (AvgIpc) is 2.92. The topological polar surface area (TPSA) is 15.3 Å². The van der Waals surface area contributed by atoms with Gasteiger partial charge < -0.3 is 5.32 Å². The normalized spacial score (nSPS) is 18.4. The van der Waals surface area contributed by atoms with Crippen molar-refractivity contribution in [3.8, 4) is 0 Å². The lowest BCUT2D eigenvalue weighted by atomic mass is 9.85. The molecular weight excluding hydrogens is 244 g/mol. The second-order valence-corrected chi connectivity index (χ2v) is 6.76. The number of likely N-dealkylation sites (N-methyl/N-ethyl adjacent to an activating group) is 1. The fraction of sp³-hybridized carbons (Fsp3) is 0.667. The Bertz CT molecular complexity index is 424. The Labute approximate surface area is 124 Å². The SMILES string of the molecule is CNC(Cc1c(C)cccc1C)C(C)(C)N1CCCC1. The van der Waals surface area contributed by atoms with Crippen molar-refractivity contribution < 1.29 is 0 Å². The molecule has 1 N–H and O–H groups in total. The maximum atomic E-state index is 3.58. The molecule has 0 aliphatic carbocycles. The Morgan fingerprint density at radius 2 is 1.70 bits per heavy atom. The second kappa shape index (κ2) is 6.28. The highest BCUT2D eigenvalue weighted by atomic mass is 15.2. The van der Waals surface area contributed by atoms with Gasteiger partial charge in [-0.05, 0) is 83.8 Å². The van der Waals surface area contributed by atoms with E-state index in [9.17, 15) is 0 Å². The molecule has 2 nitrogen and oxygen atoms in total. The number of hydrogen-bond acceptors (Lipinski definition) is 2. The molecule has 1 aliphatic rings. The van der Waals surface area contributed by atoms with Crippen LogP contribution in [-0.4, -0.2) is 36.6 Å². The van der Waals surface area contributed by atoms with Crippen molar-refractivity contribution in [2.24, 2.45) is 0 Å². The number of nitrogens with zero attached hydrogens (tertiary/aromatic N) is 1. The molecule has 1 aliphatic heterocycles. The van der Waals surface area contributed by atoms with Crippen molar-refractivity contribution in [3.05, 3.63) is 34.9 Å². The first-order valence-corrected chi connectivity index (χ1v) is 7.94. The number of likely N-dealkylation sites (tertiary alicyclic amines) is 1. The summed E-state index contributed by atoms with van der Waals surface area (Å²) in [6, 6.07) is 7.12. The summed E-state index contributed by atoms with van der Waals surface area (Å²) in [5.74, 6) is 0. The molecule has 2 rings (SSSR count). The van der Waals surface area contributed by atoms with Crippen molar-refractivity contribution in [2.75, 3.05) is 20.1 Å². The van der Waals surface area contributed by atoms with Gasteiger partial charge in [0.05, 0.1) is 0 Å². The number of benzene rings is 1. The van der Waals surface area contributed by atoms with E-state index in [0.717, 1.165) is 6.42 Å². The Balaban J connectivity index is 2.20. The van der Waals surface area contributed by atoms with Gasteiger partial charge >= 0.3 is 0 Å². The molecule has 2 heteroatoms. The van der Waals surface area contributed by atoms with E-state index in [1.807, 2.05) is 0 Å². The molecule has 1 aromatic rings. The van der Waals surface area contributed by atoms with Crippen molar-refractivity contribution >= 4 is 0 Å². The fourth-order valence-electron chi connectivity index (χ4n) is 3.59. The summed E-state index contributed by atoms with van der Waals surface area (Å²) >= 11 is 0. The Morgan fingerprint density at radius 3 is 2.20 bits per heavy atom. The van der Waals surface area contributed by atoms with Crippen LogP contribution in [0.15, 0.2) is 18.2 Å². The fourth-order valence-corrected chi connectivity index (χ4v) is 3.59. The van der Waals surface area contributed by atoms with Crippen LogP contribution >= 0.6 is 0 Å². The number of nitrogens with one attached hydrogen (secondary N) is 1. The van der Waals surface area contributed by atoms with Crippen LogP contribution in [0.25, 0.3) is 0 Å². The zero-order valence-electron chi connectivity index (χ0n) is 13.8. The highest BCUT2D eigenvalue weighted by molar-refractivity contribution is 5.34. The predicted molar refractivity (Wildman–Crippen MR) is 87.4 cm³/mol. The monoisotopic (exact) mass is 274 g/mol. The van der Waals surface area contributed by atoms with Gasteiger partial charge in [0, 0.05) is 11.6 Å². The van der Waals surface area contributed by atoms with Crippen LogP contribution in [0.1, 0.15) is 43.4 Å². The summed E-state index contributed by atoms with van der Waals surface area (Å²) in [6.07, 6.45) is 3.81. The van der Waals surface area contributed by atoms with Gasteiger partial charge in [0.25, 0.3) is 0 Å². The van der Waals surface area contributed by atoms with E-state index >= 15 is 0 Å². The summed E-state index contributed by atoms with van der Waals surface area (Å²) < 4.78 is 0. The van der Waals surface area contributed by atoms with Crippen LogP contribution in [-0.2, 0) is 6.42 Å². The molecule has 1 heterocycles. The van der Waals surface area contributed by atoms with Gasteiger partial charge in [-0.1, -0.05) is 18.2 Å². The highest BCUT2D eigenvalue weighted by Crippen LogP contribution is 2.27. The van der Waals surface area contributed by atoms with Gasteiger partial charge in [0.2, 0.25) is 0 Å². The van der Waals surface area contributed by atoms with Gasteiger partial charge in [0.15, 0.2) is 0 Å². The van der Waals surface area contributed by atoms with Crippen molar-refractivity contribution in [2.45, 2.75) is 58.5 Å². The van der Waals surface area contributed by atoms with Gasteiger partial charge in [-0.25, -0.2) is 0 Å². The minimum absolute atomic E-state index is 0.208. The molecule has 0 aromatic heterocycles. The predicted octanol–water partition coefficient (Wildman–Crippen LogP) is 3.31. The lowest BCUT2D eigenvalue weighted by Crippen LogP contribution is -2.57. The first-order valence-electron chi connectivity index (χ1n) is 7.94. The summed E-state index contributed by atoms with van der Waals surface area (Å²) in [4.78, 5) is 2.65. The van der Waals surface area contributed by atoms with E-state index < -0.39 is 0 Å². The standard InChI is InChI=1S/C18H30N2/c1-14-9-8-10-15(2)16(14)13-17(19-5)18(3,4)20-11-6-7-12-20/h8-10,17,19H,6-7,11-13H2,1-5H3. The smallest absolute Gasteiger partial charge is 0.0309 e. The van der Waals surface area contributed by atoms with Crippen molar-refractivity contribution in [3.63, 3.8) is 0 Å². The van der Waals surface area contributed by atoms with E-state index in [2.05, 4.69) is 63.2 Å². The van der Waals surface area contributed by atoms with Crippen LogP contribution in [0.2, 0.25) is 0 Å². The Kier molecular flexibility index (Phi) is 4.87. The van der Waals surface area contributed by atoms with Crippen LogP contribution < -0.4 is 5.32 Å². The highest BCUT2D eigenvalue weighted by Gasteiger charge is 2.36. The van der Waals surface area contributed by atoms with Gasteiger partial charge in [-0.3, -0.25) is 4.90 Å². The third-order valence-electron chi connectivity index (χ3n) is 5.18. The van der Waals surface area contributed by atoms with E-state index in [0.29, 0.717) is 6.04 Å². The second-order valence-electron chi connectivity index (χ2n) is 6.76. The average molecular weight is 274 g/mol. The summed E-state index contributed by atoms with van der Waals surface area (Å²) in [6.45, 7) is 11.8. The third-order valence-corrected chi connectivity index (χ3v) is 5.18. The van der Waals surface area contributed by atoms with Gasteiger partial charge in [-0.2, -0.15) is 0 Å². The van der Waals surface area contributed by atoms with Crippen molar-refractivity contribution in [1.29, 1.82) is 0 Å². The van der Waals surface area contributed by atoms with Crippen LogP contribution in [0, 0.1) is 13.8 Å². The van der Waals surface area contributed by atoms with Crippen LogP contribution in [0.5, 0.6) is 0 Å². The molecule has 20 heavy (non-hydrogen) atoms. The minimum Gasteiger partial charge on any atom is -0.315 e. The lowest BCUT2D eigenvalue weighted by Gasteiger charge is -2.42. The molecule has 1 fully saturated rings. The molecular formula is C18H30N2. The first kappa shape index (κ1) is 15.5. The van der Waals surface area contributed by atoms with Crippen LogP contribution in [0.4, 0.5) is 0 Å². The Hall–Kier alpha value is -0.860.